The molecule has 0 bridgehead atoms. The zero-order valence-corrected chi connectivity index (χ0v) is 21.7. The van der Waals surface area contributed by atoms with Crippen molar-refractivity contribution in [3.8, 4) is 5.75 Å². The van der Waals surface area contributed by atoms with E-state index in [0.29, 0.717) is 16.9 Å². The fourth-order valence-corrected chi connectivity index (χ4v) is 5.93. The third kappa shape index (κ3) is 4.45. The minimum atomic E-state index is -4.01. The molecule has 9 heteroatoms. The maximum atomic E-state index is 13.7. The van der Waals surface area contributed by atoms with Crippen LogP contribution in [0.15, 0.2) is 114 Å². The van der Waals surface area contributed by atoms with Crippen LogP contribution in [0.1, 0.15) is 17.2 Å². The molecule has 2 aliphatic rings. The summed E-state index contributed by atoms with van der Waals surface area (Å²) >= 11 is 0. The van der Waals surface area contributed by atoms with Gasteiger partial charge >= 0.3 is 10.1 Å². The zero-order valence-electron chi connectivity index (χ0n) is 20.9. The molecule has 2 aliphatic heterocycles. The molecular formula is C30H24N2O6S. The van der Waals surface area contributed by atoms with Crippen LogP contribution in [0, 0.1) is 12.8 Å². The molecule has 0 unspecified atom stereocenters. The Bertz CT molecular complexity index is 1620. The molecule has 2 heterocycles. The van der Waals surface area contributed by atoms with Gasteiger partial charge in [0.05, 0.1) is 17.4 Å². The summed E-state index contributed by atoms with van der Waals surface area (Å²) < 4.78 is 30.6. The molecule has 0 saturated carbocycles. The number of para-hydroxylation sites is 1. The Hall–Kier alpha value is -4.47. The number of nitrogens with zero attached hydrogens (tertiary/aromatic N) is 2. The van der Waals surface area contributed by atoms with E-state index in [0.717, 1.165) is 5.56 Å². The predicted molar refractivity (Wildman–Crippen MR) is 144 cm³/mol. The number of hydroxylamine groups is 1. The molecule has 0 N–H and O–H groups in total. The van der Waals surface area contributed by atoms with Crippen LogP contribution in [-0.4, -0.2) is 26.3 Å². The predicted octanol–water partition coefficient (Wildman–Crippen LogP) is 4.81. The maximum Gasteiger partial charge on any atom is 0.339 e. The summed E-state index contributed by atoms with van der Waals surface area (Å²) in [6.07, 6.45) is -1.00. The highest BCUT2D eigenvalue weighted by atomic mass is 32.2. The summed E-state index contributed by atoms with van der Waals surface area (Å²) in [5.41, 5.74) is 2.86. The fourth-order valence-electron chi connectivity index (χ4n) is 4.98. The summed E-state index contributed by atoms with van der Waals surface area (Å²) in [5.74, 6) is -1.46. The number of benzene rings is 4. The van der Waals surface area contributed by atoms with Crippen LogP contribution in [0.5, 0.6) is 5.75 Å². The lowest BCUT2D eigenvalue weighted by atomic mass is 9.90. The van der Waals surface area contributed by atoms with Crippen molar-refractivity contribution in [3.63, 3.8) is 0 Å². The Labute approximate surface area is 226 Å². The first-order chi connectivity index (χ1) is 18.8. The van der Waals surface area contributed by atoms with Gasteiger partial charge in [-0.1, -0.05) is 66.2 Å². The van der Waals surface area contributed by atoms with E-state index in [4.69, 9.17) is 9.02 Å². The van der Waals surface area contributed by atoms with Crippen LogP contribution in [0.4, 0.5) is 11.4 Å². The zero-order chi connectivity index (χ0) is 27.1. The number of carbonyl (C=O) groups is 2. The fraction of sp³-hybridized carbons (Fsp3) is 0.133. The summed E-state index contributed by atoms with van der Waals surface area (Å²) in [6.45, 7) is 1.93. The van der Waals surface area contributed by atoms with Crippen LogP contribution >= 0.6 is 0 Å². The lowest BCUT2D eigenvalue weighted by Gasteiger charge is -2.28. The first-order valence-electron chi connectivity index (χ1n) is 12.4. The summed E-state index contributed by atoms with van der Waals surface area (Å²) in [4.78, 5) is 34.6. The molecule has 0 aliphatic carbocycles. The molecular weight excluding hydrogens is 516 g/mol. The van der Waals surface area contributed by atoms with Crippen LogP contribution < -0.4 is 14.1 Å². The van der Waals surface area contributed by atoms with Crippen LogP contribution in [-0.2, 0) is 24.5 Å². The molecule has 196 valence electrons. The second-order valence-electron chi connectivity index (χ2n) is 9.42. The topological polar surface area (TPSA) is 93.2 Å². The molecule has 2 amide bonds. The quantitative estimate of drug-likeness (QED) is 0.256. The molecule has 0 spiro atoms. The van der Waals surface area contributed by atoms with Gasteiger partial charge in [0.2, 0.25) is 5.91 Å². The van der Waals surface area contributed by atoms with E-state index in [9.17, 15) is 18.0 Å². The molecule has 2 saturated heterocycles. The highest BCUT2D eigenvalue weighted by molar-refractivity contribution is 7.87. The van der Waals surface area contributed by atoms with Crippen molar-refractivity contribution in [2.45, 2.75) is 24.0 Å². The third-order valence-corrected chi connectivity index (χ3v) is 8.14. The highest BCUT2D eigenvalue weighted by Gasteiger charge is 2.60. The standard InChI is InChI=1S/C30H24N2O6S/c1-20-12-16-22(17-13-20)31-29(33)26-27(32(37-28(26)30(31)34)23-8-4-2-5-9-23)21-14-18-24(19-15-21)38-39(35,36)25-10-6-3-7-11-25/h2-19,26-28H,1H3/t26-,27+,28+/m1/s1. The first kappa shape index (κ1) is 24.8. The molecule has 8 nitrogen and oxygen atoms in total. The monoisotopic (exact) mass is 540 g/mol. The molecule has 2 fully saturated rings. The van der Waals surface area contributed by atoms with E-state index in [1.54, 1.807) is 47.5 Å². The van der Waals surface area contributed by atoms with Crippen molar-refractivity contribution >= 4 is 33.3 Å². The highest BCUT2D eigenvalue weighted by Crippen LogP contribution is 2.47. The van der Waals surface area contributed by atoms with Gasteiger partial charge in [0.25, 0.3) is 5.91 Å². The van der Waals surface area contributed by atoms with Crippen molar-refractivity contribution < 1.29 is 27.0 Å². The van der Waals surface area contributed by atoms with E-state index >= 15 is 0 Å². The number of imide groups is 1. The van der Waals surface area contributed by atoms with Gasteiger partial charge < -0.3 is 4.18 Å². The van der Waals surface area contributed by atoms with Gasteiger partial charge in [0.15, 0.2) is 6.10 Å². The molecule has 0 radical (unpaired) electrons. The number of fused-ring (bicyclic) bond motifs is 1. The number of carbonyl (C=O) groups excluding carboxylic acids is 2. The number of anilines is 2. The van der Waals surface area contributed by atoms with Gasteiger partial charge in [-0.3, -0.25) is 14.4 Å². The number of aryl methyl sites for hydroxylation is 1. The van der Waals surface area contributed by atoms with Crippen molar-refractivity contribution in [1.29, 1.82) is 0 Å². The summed E-state index contributed by atoms with van der Waals surface area (Å²) in [7, 11) is -4.01. The second-order valence-corrected chi connectivity index (χ2v) is 11.0. The minimum absolute atomic E-state index is 0.0441. The molecule has 39 heavy (non-hydrogen) atoms. The largest absolute Gasteiger partial charge is 0.379 e. The summed E-state index contributed by atoms with van der Waals surface area (Å²) in [6, 6.07) is 30.1. The Morgan fingerprint density at radius 2 is 1.33 bits per heavy atom. The third-order valence-electron chi connectivity index (χ3n) is 6.88. The van der Waals surface area contributed by atoms with Crippen molar-refractivity contribution in [2.75, 3.05) is 9.96 Å². The van der Waals surface area contributed by atoms with Gasteiger partial charge in [-0.15, -0.1) is 0 Å². The Morgan fingerprint density at radius 1 is 0.718 bits per heavy atom. The number of rotatable bonds is 6. The maximum absolute atomic E-state index is 13.7. The Kier molecular flexibility index (Phi) is 6.17. The lowest BCUT2D eigenvalue weighted by molar-refractivity contribution is -0.126. The van der Waals surface area contributed by atoms with E-state index in [1.165, 1.54) is 29.2 Å². The van der Waals surface area contributed by atoms with Gasteiger partial charge in [0.1, 0.15) is 16.6 Å². The lowest BCUT2D eigenvalue weighted by Crippen LogP contribution is -2.37. The normalized spacial score (nSPS) is 20.8. The number of hydrogen-bond donors (Lipinski definition) is 0. The number of amides is 2. The van der Waals surface area contributed by atoms with Crippen LogP contribution in [0.3, 0.4) is 0 Å². The molecule has 4 aromatic carbocycles. The first-order valence-corrected chi connectivity index (χ1v) is 13.8. The average Bonchev–Trinajstić information content (AvgIpc) is 3.46. The molecule has 6 rings (SSSR count). The van der Waals surface area contributed by atoms with E-state index in [2.05, 4.69) is 0 Å². The SMILES string of the molecule is Cc1ccc(N2C(=O)[C@H]3[C@H](ON(c4ccccc4)[C@H]3c3ccc(OS(=O)(=O)c4ccccc4)cc3)C2=O)cc1. The van der Waals surface area contributed by atoms with Gasteiger partial charge in [-0.05, 0) is 61.0 Å². The van der Waals surface area contributed by atoms with E-state index < -0.39 is 34.1 Å². The Balaban J connectivity index is 1.34. The van der Waals surface area contributed by atoms with Crippen molar-refractivity contribution in [1.82, 2.24) is 0 Å². The Morgan fingerprint density at radius 3 is 1.97 bits per heavy atom. The minimum Gasteiger partial charge on any atom is -0.379 e. The van der Waals surface area contributed by atoms with Gasteiger partial charge in [-0.25, -0.2) is 9.96 Å². The molecule has 3 atom stereocenters. The van der Waals surface area contributed by atoms with Crippen LogP contribution in [0.25, 0.3) is 0 Å². The van der Waals surface area contributed by atoms with E-state index in [-0.39, 0.29) is 16.6 Å². The molecule has 4 aromatic rings. The number of hydrogen-bond acceptors (Lipinski definition) is 7. The van der Waals surface area contributed by atoms with E-state index in [1.807, 2.05) is 49.4 Å². The van der Waals surface area contributed by atoms with Gasteiger partial charge in [-0.2, -0.15) is 8.42 Å². The van der Waals surface area contributed by atoms with Crippen molar-refractivity contribution in [3.05, 3.63) is 120 Å². The van der Waals surface area contributed by atoms with Crippen LogP contribution in [0.2, 0.25) is 0 Å². The second kappa shape index (κ2) is 9.68. The average molecular weight is 541 g/mol. The summed E-state index contributed by atoms with van der Waals surface area (Å²) in [5, 5.41) is 1.59. The smallest absolute Gasteiger partial charge is 0.339 e. The molecule has 0 aromatic heterocycles. The van der Waals surface area contributed by atoms with Crippen molar-refractivity contribution in [2.24, 2.45) is 5.92 Å². The van der Waals surface area contributed by atoms with Gasteiger partial charge in [0, 0.05) is 0 Å².